The van der Waals surface area contributed by atoms with Crippen molar-refractivity contribution in [3.63, 3.8) is 0 Å². The van der Waals surface area contributed by atoms with Gasteiger partial charge < -0.3 is 10.7 Å². The summed E-state index contributed by atoms with van der Waals surface area (Å²) in [5.74, 6) is 1.98. The molecule has 4 aromatic rings. The number of nitrogens with two attached hydrogens (primary N) is 1. The van der Waals surface area contributed by atoms with Crippen LogP contribution in [0, 0.1) is 5.92 Å². The van der Waals surface area contributed by atoms with E-state index in [1.54, 1.807) is 18.6 Å². The van der Waals surface area contributed by atoms with Gasteiger partial charge in [0.15, 0.2) is 5.78 Å². The average molecular weight is 467 g/mol. The van der Waals surface area contributed by atoms with Crippen LogP contribution in [0.15, 0.2) is 49.1 Å². The highest BCUT2D eigenvalue weighted by Crippen LogP contribution is 2.39. The molecule has 1 fully saturated rings. The number of rotatable bonds is 5. The van der Waals surface area contributed by atoms with E-state index in [0.717, 1.165) is 54.0 Å². The van der Waals surface area contributed by atoms with E-state index in [1.807, 2.05) is 40.9 Å². The number of fused-ring (bicyclic) bond motifs is 2. The molecule has 6 rings (SSSR count). The number of nitrogens with zero attached hydrogens (tertiary/aromatic N) is 4. The van der Waals surface area contributed by atoms with Crippen molar-refractivity contribution in [3.05, 3.63) is 71.7 Å². The number of carbonyl (C=O) groups excluding carboxylic acids is 2. The fourth-order valence-electron chi connectivity index (χ4n) is 5.44. The normalized spacial score (nSPS) is 19.7. The Morgan fingerprint density at radius 3 is 2.83 bits per heavy atom. The van der Waals surface area contributed by atoms with Gasteiger partial charge in [0.25, 0.3) is 0 Å². The van der Waals surface area contributed by atoms with E-state index >= 15 is 0 Å². The first-order valence-corrected chi connectivity index (χ1v) is 12.1. The zero-order valence-electron chi connectivity index (χ0n) is 19.3. The number of imidazole rings is 1. The minimum absolute atomic E-state index is 0.0665. The van der Waals surface area contributed by atoms with Crippen molar-refractivity contribution in [3.8, 4) is 11.4 Å². The molecule has 176 valence electrons. The summed E-state index contributed by atoms with van der Waals surface area (Å²) in [5.41, 5.74) is 11.0. The Balaban J connectivity index is 1.28. The molecule has 35 heavy (non-hydrogen) atoms. The number of Topliss-reactive ketones (excluding diaryl/α,β-unsaturated/α-hetero) is 2. The molecule has 0 saturated heterocycles. The third-order valence-corrected chi connectivity index (χ3v) is 7.25. The highest BCUT2D eigenvalue weighted by Gasteiger charge is 2.31. The number of carbonyl (C=O) groups is 2. The average Bonchev–Trinajstić information content (AvgIpc) is 3.48. The van der Waals surface area contributed by atoms with Gasteiger partial charge >= 0.3 is 0 Å². The Labute approximate surface area is 202 Å². The van der Waals surface area contributed by atoms with Gasteiger partial charge in [0.05, 0.1) is 5.69 Å². The Bertz CT molecular complexity index is 1460. The third-order valence-electron chi connectivity index (χ3n) is 7.25. The molecular weight excluding hydrogens is 440 g/mol. The molecule has 1 saturated carbocycles. The zero-order valence-corrected chi connectivity index (χ0v) is 19.3. The van der Waals surface area contributed by atoms with Crippen LogP contribution in [0.4, 0.5) is 5.82 Å². The van der Waals surface area contributed by atoms with Crippen LogP contribution in [-0.2, 0) is 11.2 Å². The second-order valence-corrected chi connectivity index (χ2v) is 9.44. The SMILES string of the molecule is Nc1nccn2c(C3CCC(C(=O)Cc4cccnc4)CC3)nc(-c3cc4c([nH]3)C=CCC4=O)c12. The van der Waals surface area contributed by atoms with Gasteiger partial charge in [-0.3, -0.25) is 19.0 Å². The summed E-state index contributed by atoms with van der Waals surface area (Å²) in [5, 5.41) is 0. The van der Waals surface area contributed by atoms with Crippen molar-refractivity contribution in [2.45, 2.75) is 44.4 Å². The first-order chi connectivity index (χ1) is 17.1. The van der Waals surface area contributed by atoms with E-state index < -0.39 is 0 Å². The molecule has 0 spiro atoms. The highest BCUT2D eigenvalue weighted by atomic mass is 16.1. The highest BCUT2D eigenvalue weighted by molar-refractivity contribution is 6.04. The second kappa shape index (κ2) is 8.61. The number of hydrogen-bond acceptors (Lipinski definition) is 6. The number of nitrogens with one attached hydrogen (secondary N) is 1. The number of nitrogen functional groups attached to an aromatic ring is 1. The van der Waals surface area contributed by atoms with Crippen LogP contribution in [0.3, 0.4) is 0 Å². The molecule has 2 aliphatic carbocycles. The van der Waals surface area contributed by atoms with Gasteiger partial charge in [0.1, 0.15) is 28.6 Å². The number of pyridine rings is 1. The summed E-state index contributed by atoms with van der Waals surface area (Å²) in [7, 11) is 0. The minimum atomic E-state index is 0.0665. The third kappa shape index (κ3) is 3.84. The van der Waals surface area contributed by atoms with Crippen molar-refractivity contribution in [2.75, 3.05) is 5.73 Å². The molecule has 0 aliphatic heterocycles. The molecule has 8 nitrogen and oxygen atoms in total. The van der Waals surface area contributed by atoms with Crippen molar-refractivity contribution < 1.29 is 9.59 Å². The molecule has 0 aromatic carbocycles. The Hall–Kier alpha value is -4.07. The van der Waals surface area contributed by atoms with Gasteiger partial charge in [-0.05, 0) is 49.5 Å². The fourth-order valence-corrected chi connectivity index (χ4v) is 5.44. The Morgan fingerprint density at radius 1 is 1.20 bits per heavy atom. The summed E-state index contributed by atoms with van der Waals surface area (Å²) in [6.07, 6.45) is 15.2. The van der Waals surface area contributed by atoms with Gasteiger partial charge in [-0.15, -0.1) is 0 Å². The molecule has 3 N–H and O–H groups in total. The number of hydrogen-bond donors (Lipinski definition) is 2. The standard InChI is InChI=1S/C27H26N6O2/c28-26-25-24(21-14-19-20(31-21)4-1-5-22(19)34)32-27(33(25)12-11-30-26)18-8-6-17(7-9-18)23(35)13-16-3-2-10-29-15-16/h1-4,10-12,14-15,17-18,31H,5-9,13H2,(H2,28,30). The first kappa shape index (κ1) is 21.5. The lowest BCUT2D eigenvalue weighted by atomic mass is 9.78. The number of aromatic amines is 1. The van der Waals surface area contributed by atoms with Crippen LogP contribution in [0.1, 0.15) is 65.5 Å². The molecule has 2 aliphatic rings. The number of ketones is 2. The van der Waals surface area contributed by atoms with E-state index in [4.69, 9.17) is 10.7 Å². The molecular formula is C27H26N6O2. The largest absolute Gasteiger partial charge is 0.382 e. The van der Waals surface area contributed by atoms with E-state index in [9.17, 15) is 9.59 Å². The number of anilines is 1. The lowest BCUT2D eigenvalue weighted by Crippen LogP contribution is -2.23. The van der Waals surface area contributed by atoms with E-state index in [-0.39, 0.29) is 23.4 Å². The Kier molecular flexibility index (Phi) is 5.28. The minimum Gasteiger partial charge on any atom is -0.382 e. The topological polar surface area (TPSA) is 119 Å². The van der Waals surface area contributed by atoms with Crippen LogP contribution in [0.5, 0.6) is 0 Å². The predicted octanol–water partition coefficient (Wildman–Crippen LogP) is 4.39. The summed E-state index contributed by atoms with van der Waals surface area (Å²) in [4.78, 5) is 42.0. The maximum atomic E-state index is 12.9. The smallest absolute Gasteiger partial charge is 0.168 e. The number of aromatic nitrogens is 5. The molecule has 4 heterocycles. The molecule has 4 aromatic heterocycles. The van der Waals surface area contributed by atoms with Gasteiger partial charge in [-0.2, -0.15) is 0 Å². The summed E-state index contributed by atoms with van der Waals surface area (Å²) in [6.45, 7) is 0. The van der Waals surface area contributed by atoms with Crippen LogP contribution in [0.2, 0.25) is 0 Å². The predicted molar refractivity (Wildman–Crippen MR) is 133 cm³/mol. The van der Waals surface area contributed by atoms with E-state index in [0.29, 0.717) is 29.9 Å². The van der Waals surface area contributed by atoms with Crippen LogP contribution >= 0.6 is 0 Å². The summed E-state index contributed by atoms with van der Waals surface area (Å²) < 4.78 is 2.03. The van der Waals surface area contributed by atoms with Crippen molar-refractivity contribution in [1.82, 2.24) is 24.3 Å². The molecule has 0 bridgehead atoms. The van der Waals surface area contributed by atoms with Crippen LogP contribution in [0.25, 0.3) is 23.0 Å². The zero-order chi connectivity index (χ0) is 23.9. The fraction of sp³-hybridized carbons (Fsp3) is 0.296. The van der Waals surface area contributed by atoms with Crippen LogP contribution < -0.4 is 5.73 Å². The quantitative estimate of drug-likeness (QED) is 0.450. The van der Waals surface area contributed by atoms with Gasteiger partial charge in [0, 0.05) is 60.7 Å². The van der Waals surface area contributed by atoms with Crippen molar-refractivity contribution >= 4 is 29.0 Å². The number of allylic oxidation sites excluding steroid dienone is 1. The molecule has 8 heteroatoms. The molecule has 0 amide bonds. The maximum Gasteiger partial charge on any atom is 0.168 e. The van der Waals surface area contributed by atoms with E-state index in [2.05, 4.69) is 15.0 Å². The summed E-state index contributed by atoms with van der Waals surface area (Å²) >= 11 is 0. The van der Waals surface area contributed by atoms with Gasteiger partial charge in [-0.25, -0.2) is 9.97 Å². The molecule has 0 atom stereocenters. The van der Waals surface area contributed by atoms with Crippen molar-refractivity contribution in [1.29, 1.82) is 0 Å². The number of H-pyrrole nitrogens is 1. The molecule has 0 radical (unpaired) electrons. The van der Waals surface area contributed by atoms with E-state index in [1.165, 1.54) is 0 Å². The lowest BCUT2D eigenvalue weighted by molar-refractivity contribution is -0.123. The second-order valence-electron chi connectivity index (χ2n) is 9.44. The van der Waals surface area contributed by atoms with Crippen molar-refractivity contribution in [2.24, 2.45) is 5.92 Å². The maximum absolute atomic E-state index is 12.9. The van der Waals surface area contributed by atoms with Gasteiger partial charge in [-0.1, -0.05) is 12.1 Å². The lowest BCUT2D eigenvalue weighted by Gasteiger charge is -2.27. The van der Waals surface area contributed by atoms with Gasteiger partial charge in [0.2, 0.25) is 0 Å². The monoisotopic (exact) mass is 466 g/mol. The summed E-state index contributed by atoms with van der Waals surface area (Å²) in [6, 6.07) is 5.69. The van der Waals surface area contributed by atoms with Crippen LogP contribution in [-0.4, -0.2) is 35.9 Å². The Morgan fingerprint density at radius 2 is 2.06 bits per heavy atom. The first-order valence-electron chi connectivity index (χ1n) is 12.1. The molecule has 0 unspecified atom stereocenters.